The molecule has 0 aromatic carbocycles. The Bertz CT molecular complexity index is 383. The number of hydrogen-bond acceptors (Lipinski definition) is 3. The molecule has 114 valence electrons. The Morgan fingerprint density at radius 1 is 1.20 bits per heavy atom. The van der Waals surface area contributed by atoms with E-state index in [0.717, 1.165) is 12.8 Å². The first-order valence-corrected chi connectivity index (χ1v) is 7.33. The van der Waals surface area contributed by atoms with E-state index in [9.17, 15) is 14.7 Å². The molecular weight excluding hydrogens is 258 g/mol. The largest absolute Gasteiger partial charge is 0.386 e. The number of hydrogen-bond donors (Lipinski definition) is 1. The number of likely N-dealkylation sites (tertiary alicyclic amines) is 2. The Balaban J connectivity index is 1.80. The van der Waals surface area contributed by atoms with E-state index >= 15 is 0 Å². The summed E-state index contributed by atoms with van der Waals surface area (Å²) in [5, 5.41) is 9.96. The molecule has 0 saturated carbocycles. The first kappa shape index (κ1) is 15.1. The molecule has 0 radical (unpaired) electrons. The first-order valence-electron chi connectivity index (χ1n) is 7.33. The van der Waals surface area contributed by atoms with Crippen molar-refractivity contribution in [2.75, 3.05) is 40.3 Å². The van der Waals surface area contributed by atoms with Gasteiger partial charge in [-0.25, -0.2) is 4.79 Å². The molecule has 0 atom stereocenters. The fourth-order valence-electron chi connectivity index (χ4n) is 2.90. The van der Waals surface area contributed by atoms with E-state index in [-0.39, 0.29) is 17.9 Å². The third-order valence-electron chi connectivity index (χ3n) is 4.44. The van der Waals surface area contributed by atoms with Crippen LogP contribution in [0.15, 0.2) is 0 Å². The molecule has 1 N–H and O–H groups in total. The molecule has 0 spiro atoms. The molecule has 6 nitrogen and oxygen atoms in total. The minimum absolute atomic E-state index is 0.00242. The van der Waals surface area contributed by atoms with Crippen LogP contribution in [0.5, 0.6) is 0 Å². The minimum atomic E-state index is -0.669. The summed E-state index contributed by atoms with van der Waals surface area (Å²) in [5.74, 6) is 0.141. The molecule has 2 fully saturated rings. The van der Waals surface area contributed by atoms with Crippen molar-refractivity contribution in [3.8, 4) is 0 Å². The Kier molecular flexibility index (Phi) is 4.22. The molecule has 3 amide bonds. The average molecular weight is 283 g/mol. The lowest BCUT2D eigenvalue weighted by Crippen LogP contribution is -2.64. The van der Waals surface area contributed by atoms with Crippen LogP contribution in [-0.2, 0) is 4.79 Å². The van der Waals surface area contributed by atoms with Gasteiger partial charge in [-0.05, 0) is 19.3 Å². The lowest BCUT2D eigenvalue weighted by atomic mass is 9.87. The molecule has 0 aromatic heterocycles. The van der Waals surface area contributed by atoms with Gasteiger partial charge in [-0.15, -0.1) is 0 Å². The zero-order valence-electron chi connectivity index (χ0n) is 12.6. The van der Waals surface area contributed by atoms with Gasteiger partial charge in [-0.3, -0.25) is 4.79 Å². The van der Waals surface area contributed by atoms with E-state index < -0.39 is 5.60 Å². The first-order chi connectivity index (χ1) is 9.36. The predicted octanol–water partition coefficient (Wildman–Crippen LogP) is 0.363. The number of rotatable bonds is 2. The molecule has 2 saturated heterocycles. The van der Waals surface area contributed by atoms with Crippen molar-refractivity contribution in [2.24, 2.45) is 5.92 Å². The fourth-order valence-corrected chi connectivity index (χ4v) is 2.90. The van der Waals surface area contributed by atoms with Gasteiger partial charge in [0.25, 0.3) is 0 Å². The van der Waals surface area contributed by atoms with Gasteiger partial charge in [0.2, 0.25) is 5.91 Å². The summed E-state index contributed by atoms with van der Waals surface area (Å²) in [7, 11) is 3.48. The summed E-state index contributed by atoms with van der Waals surface area (Å²) in [5.41, 5.74) is -0.669. The van der Waals surface area contributed by atoms with Gasteiger partial charge in [-0.2, -0.15) is 0 Å². The van der Waals surface area contributed by atoms with E-state index in [4.69, 9.17) is 0 Å². The predicted molar refractivity (Wildman–Crippen MR) is 75.2 cm³/mol. The second-order valence-electron chi connectivity index (χ2n) is 6.21. The van der Waals surface area contributed by atoms with Crippen molar-refractivity contribution in [1.82, 2.24) is 14.7 Å². The molecule has 0 unspecified atom stereocenters. The second kappa shape index (κ2) is 5.60. The Morgan fingerprint density at radius 3 is 2.20 bits per heavy atom. The van der Waals surface area contributed by atoms with Crippen LogP contribution in [0.25, 0.3) is 0 Å². The van der Waals surface area contributed by atoms with Crippen LogP contribution in [0.3, 0.4) is 0 Å². The minimum Gasteiger partial charge on any atom is -0.386 e. The third kappa shape index (κ3) is 2.90. The maximum absolute atomic E-state index is 12.3. The van der Waals surface area contributed by atoms with Crippen LogP contribution >= 0.6 is 0 Å². The molecule has 20 heavy (non-hydrogen) atoms. The van der Waals surface area contributed by atoms with E-state index in [1.54, 1.807) is 28.8 Å². The lowest BCUT2D eigenvalue weighted by molar-refractivity contribution is -0.161. The van der Waals surface area contributed by atoms with Crippen molar-refractivity contribution in [3.63, 3.8) is 0 Å². The van der Waals surface area contributed by atoms with Crippen LogP contribution in [0, 0.1) is 5.92 Å². The Hall–Kier alpha value is -1.30. The molecule has 0 bridgehead atoms. The van der Waals surface area contributed by atoms with E-state index in [2.05, 4.69) is 0 Å². The highest BCUT2D eigenvalue weighted by atomic mass is 16.3. The van der Waals surface area contributed by atoms with Gasteiger partial charge in [0.1, 0.15) is 0 Å². The summed E-state index contributed by atoms with van der Waals surface area (Å²) in [6, 6.07) is 0.0141. The number of β-amino-alcohol motifs (C(OH)–C–C–N with tert-alkyl or cyclic N) is 1. The second-order valence-corrected chi connectivity index (χ2v) is 6.21. The Labute approximate surface area is 120 Å². The summed E-state index contributed by atoms with van der Waals surface area (Å²) < 4.78 is 0. The van der Waals surface area contributed by atoms with Gasteiger partial charge in [0.05, 0.1) is 18.7 Å². The number of nitrogens with zero attached hydrogens (tertiary/aromatic N) is 3. The topological polar surface area (TPSA) is 64.1 Å². The van der Waals surface area contributed by atoms with Gasteiger partial charge >= 0.3 is 6.03 Å². The zero-order valence-corrected chi connectivity index (χ0v) is 12.6. The van der Waals surface area contributed by atoms with Gasteiger partial charge in [-0.1, -0.05) is 6.92 Å². The van der Waals surface area contributed by atoms with Crippen molar-refractivity contribution in [2.45, 2.75) is 31.8 Å². The highest BCUT2D eigenvalue weighted by molar-refractivity contribution is 5.80. The third-order valence-corrected chi connectivity index (χ3v) is 4.44. The number of carbonyl (C=O) groups is 2. The molecule has 0 aliphatic carbocycles. The van der Waals surface area contributed by atoms with Crippen LogP contribution in [-0.4, -0.2) is 77.6 Å². The van der Waals surface area contributed by atoms with Gasteiger partial charge in [0, 0.05) is 33.1 Å². The maximum Gasteiger partial charge on any atom is 0.319 e. The summed E-state index contributed by atoms with van der Waals surface area (Å²) in [6.07, 6.45) is 2.13. The SMILES string of the molecule is CCC1(O)CN(C(=O)C2CCN(C(=O)N(C)C)CC2)C1. The van der Waals surface area contributed by atoms with Crippen molar-refractivity contribution in [3.05, 3.63) is 0 Å². The van der Waals surface area contributed by atoms with E-state index in [1.807, 2.05) is 6.92 Å². The summed E-state index contributed by atoms with van der Waals surface area (Å²) in [4.78, 5) is 29.2. The molecular formula is C14H25N3O3. The molecule has 2 aliphatic rings. The van der Waals surface area contributed by atoms with Crippen molar-refractivity contribution in [1.29, 1.82) is 0 Å². The number of piperidine rings is 1. The molecule has 2 rings (SSSR count). The van der Waals surface area contributed by atoms with Crippen LogP contribution < -0.4 is 0 Å². The van der Waals surface area contributed by atoms with Crippen LogP contribution in [0.2, 0.25) is 0 Å². The zero-order chi connectivity index (χ0) is 14.9. The monoisotopic (exact) mass is 283 g/mol. The van der Waals surface area contributed by atoms with Gasteiger partial charge < -0.3 is 19.8 Å². The number of carbonyl (C=O) groups excluding carboxylic acids is 2. The number of aliphatic hydroxyl groups is 1. The molecule has 0 aromatic rings. The van der Waals surface area contributed by atoms with E-state index in [1.165, 1.54) is 0 Å². The number of urea groups is 1. The summed E-state index contributed by atoms with van der Waals surface area (Å²) in [6.45, 7) is 4.13. The molecule has 2 aliphatic heterocycles. The quantitative estimate of drug-likeness (QED) is 0.796. The fraction of sp³-hybridized carbons (Fsp3) is 0.857. The van der Waals surface area contributed by atoms with Crippen molar-refractivity contribution < 1.29 is 14.7 Å². The lowest BCUT2D eigenvalue weighted by Gasteiger charge is -2.48. The van der Waals surface area contributed by atoms with Gasteiger partial charge in [0.15, 0.2) is 0 Å². The average Bonchev–Trinajstić information content (AvgIpc) is 2.42. The van der Waals surface area contributed by atoms with Crippen molar-refractivity contribution >= 4 is 11.9 Å². The maximum atomic E-state index is 12.3. The normalized spacial score (nSPS) is 22.4. The highest BCUT2D eigenvalue weighted by Gasteiger charge is 2.44. The van der Waals surface area contributed by atoms with Crippen LogP contribution in [0.4, 0.5) is 4.79 Å². The molecule has 2 heterocycles. The smallest absolute Gasteiger partial charge is 0.319 e. The Morgan fingerprint density at radius 2 is 1.75 bits per heavy atom. The molecule has 6 heteroatoms. The number of amides is 3. The van der Waals surface area contributed by atoms with E-state index in [0.29, 0.717) is 32.6 Å². The summed E-state index contributed by atoms with van der Waals surface area (Å²) >= 11 is 0. The van der Waals surface area contributed by atoms with Crippen LogP contribution in [0.1, 0.15) is 26.2 Å². The standard InChI is InChI=1S/C14H25N3O3/c1-4-14(20)9-17(10-14)12(18)11-5-7-16(8-6-11)13(19)15(2)3/h11,20H,4-10H2,1-3H3. The highest BCUT2D eigenvalue weighted by Crippen LogP contribution is 2.28.